The van der Waals surface area contributed by atoms with Crippen molar-refractivity contribution in [3.63, 3.8) is 0 Å². The number of aromatic hydroxyl groups is 1. The predicted octanol–water partition coefficient (Wildman–Crippen LogP) is 5.02. The third-order valence-electron chi connectivity index (χ3n) is 5.60. The smallest absolute Gasteiger partial charge is 0.250 e. The van der Waals surface area contributed by atoms with Crippen molar-refractivity contribution in [3.8, 4) is 16.9 Å². The fourth-order valence-electron chi connectivity index (χ4n) is 3.92. The minimum absolute atomic E-state index is 0.207. The van der Waals surface area contributed by atoms with Gasteiger partial charge in [0.2, 0.25) is 0 Å². The molecule has 1 saturated carbocycles. The summed E-state index contributed by atoms with van der Waals surface area (Å²) in [5, 5.41) is 22.8. The van der Waals surface area contributed by atoms with Gasteiger partial charge < -0.3 is 21.3 Å². The Hall–Kier alpha value is -2.96. The van der Waals surface area contributed by atoms with Crippen molar-refractivity contribution < 1.29 is 15.0 Å². The van der Waals surface area contributed by atoms with Crippen molar-refractivity contribution in [2.45, 2.75) is 47.6 Å². The lowest BCUT2D eigenvalue weighted by Gasteiger charge is -2.28. The van der Waals surface area contributed by atoms with Crippen molar-refractivity contribution in [2.24, 2.45) is 5.73 Å². The van der Waals surface area contributed by atoms with Crippen LogP contribution in [0.5, 0.6) is 5.75 Å². The summed E-state index contributed by atoms with van der Waals surface area (Å²) in [5.74, 6) is -0.220. The Morgan fingerprint density at radius 3 is 2.39 bits per heavy atom. The Morgan fingerprint density at radius 1 is 0.968 bits per heavy atom. The number of phenolic OH excluding ortho intramolecular Hbond substituents is 1. The number of carbonyl (C=O) groups is 1. The number of anilines is 1. The molecule has 3 aromatic carbocycles. The van der Waals surface area contributed by atoms with E-state index in [0.29, 0.717) is 5.56 Å². The molecule has 0 heterocycles. The fourth-order valence-corrected chi connectivity index (χ4v) is 4.89. The van der Waals surface area contributed by atoms with Gasteiger partial charge in [0.05, 0.1) is 11.7 Å². The van der Waals surface area contributed by atoms with Crippen LogP contribution in [-0.4, -0.2) is 28.3 Å². The molecule has 1 fully saturated rings. The molecule has 0 bridgehead atoms. The summed E-state index contributed by atoms with van der Waals surface area (Å²) in [5.41, 5.74) is 8.88. The Kier molecular flexibility index (Phi) is 6.49. The summed E-state index contributed by atoms with van der Waals surface area (Å²) in [7, 11) is 0. The summed E-state index contributed by atoms with van der Waals surface area (Å²) < 4.78 is 0. The van der Waals surface area contributed by atoms with Gasteiger partial charge in [-0.15, -0.1) is 0 Å². The van der Waals surface area contributed by atoms with Gasteiger partial charge in [-0.3, -0.25) is 4.79 Å². The second-order valence-corrected chi connectivity index (χ2v) is 8.98. The first-order valence-electron chi connectivity index (χ1n) is 10.4. The molecule has 0 aliphatic heterocycles. The van der Waals surface area contributed by atoms with Gasteiger partial charge in [-0.25, -0.2) is 0 Å². The molecular formula is C25H26N2O3S. The topological polar surface area (TPSA) is 95.6 Å². The summed E-state index contributed by atoms with van der Waals surface area (Å²) in [6.07, 6.45) is 3.00. The lowest BCUT2D eigenvalue weighted by atomic mass is 9.92. The number of nitrogens with two attached hydrogens (primary N) is 1. The number of hydrogen-bond donors (Lipinski definition) is 4. The van der Waals surface area contributed by atoms with Crippen LogP contribution in [0.4, 0.5) is 5.69 Å². The minimum Gasteiger partial charge on any atom is -0.508 e. The van der Waals surface area contributed by atoms with E-state index < -0.39 is 5.91 Å². The minimum atomic E-state index is -0.461. The molecule has 1 aliphatic rings. The van der Waals surface area contributed by atoms with E-state index in [1.165, 1.54) is 0 Å². The van der Waals surface area contributed by atoms with E-state index in [4.69, 9.17) is 5.73 Å². The van der Waals surface area contributed by atoms with Crippen LogP contribution in [0.3, 0.4) is 0 Å². The number of amides is 1. The number of aliphatic hydroxyl groups is 1. The number of rotatable bonds is 6. The first kappa shape index (κ1) is 21.3. The van der Waals surface area contributed by atoms with E-state index in [9.17, 15) is 15.0 Å². The molecule has 0 saturated heterocycles. The monoisotopic (exact) mass is 434 g/mol. The number of nitrogens with one attached hydrogen (secondary N) is 1. The average molecular weight is 435 g/mol. The highest BCUT2D eigenvalue weighted by Crippen LogP contribution is 2.38. The lowest BCUT2D eigenvalue weighted by molar-refractivity contribution is 0.100. The first-order valence-corrected chi connectivity index (χ1v) is 11.3. The van der Waals surface area contributed by atoms with Crippen molar-refractivity contribution in [3.05, 3.63) is 72.3 Å². The quantitative estimate of drug-likeness (QED) is 0.437. The average Bonchev–Trinajstić information content (AvgIpc) is 2.77. The molecule has 3 aromatic rings. The van der Waals surface area contributed by atoms with Crippen molar-refractivity contribution in [1.82, 2.24) is 0 Å². The Bertz CT molecular complexity index is 1060. The van der Waals surface area contributed by atoms with Crippen LogP contribution in [0.2, 0.25) is 0 Å². The van der Waals surface area contributed by atoms with Crippen molar-refractivity contribution >= 4 is 23.4 Å². The highest BCUT2D eigenvalue weighted by atomic mass is 32.2. The molecule has 0 spiro atoms. The van der Waals surface area contributed by atoms with Crippen LogP contribution in [0.25, 0.3) is 11.1 Å². The van der Waals surface area contributed by atoms with Crippen LogP contribution >= 0.6 is 11.8 Å². The molecule has 31 heavy (non-hydrogen) atoms. The van der Waals surface area contributed by atoms with Gasteiger partial charge in [-0.05, 0) is 79.3 Å². The zero-order valence-corrected chi connectivity index (χ0v) is 17.9. The molecule has 160 valence electrons. The summed E-state index contributed by atoms with van der Waals surface area (Å²) >= 11 is 1.62. The van der Waals surface area contributed by atoms with Crippen LogP contribution in [0.15, 0.2) is 76.5 Å². The number of aliphatic hydroxyl groups excluding tert-OH is 1. The second kappa shape index (κ2) is 9.45. The maximum absolute atomic E-state index is 12.0. The standard InChI is InChI=1S/C25H26N2O3S/c26-25(30)22-14-5-16(15-23(22)27-17-6-8-18(28)9-7-17)21-3-1-2-4-24(21)31-20-12-10-19(29)11-13-20/h1-5,10-15,17-18,27-29H,6-9H2,(H2,26,30)/t17-,18-. The first-order chi connectivity index (χ1) is 15.0. The maximum atomic E-state index is 12.0. The fraction of sp³-hybridized carbons (Fsp3) is 0.240. The van der Waals surface area contributed by atoms with E-state index in [2.05, 4.69) is 17.4 Å². The van der Waals surface area contributed by atoms with Gasteiger partial charge in [0, 0.05) is 21.5 Å². The molecule has 6 heteroatoms. The molecule has 4 rings (SSSR count). The van der Waals surface area contributed by atoms with Crippen LogP contribution in [-0.2, 0) is 0 Å². The predicted molar refractivity (Wildman–Crippen MR) is 125 cm³/mol. The van der Waals surface area contributed by atoms with E-state index in [1.807, 2.05) is 36.4 Å². The van der Waals surface area contributed by atoms with Gasteiger partial charge in [0.1, 0.15) is 5.75 Å². The van der Waals surface area contributed by atoms with E-state index >= 15 is 0 Å². The van der Waals surface area contributed by atoms with E-state index in [1.54, 1.807) is 30.0 Å². The van der Waals surface area contributed by atoms with Gasteiger partial charge >= 0.3 is 0 Å². The largest absolute Gasteiger partial charge is 0.508 e. The Morgan fingerprint density at radius 2 is 1.68 bits per heavy atom. The van der Waals surface area contributed by atoms with Crippen LogP contribution in [0, 0.1) is 0 Å². The van der Waals surface area contributed by atoms with Crippen molar-refractivity contribution in [1.29, 1.82) is 0 Å². The molecule has 0 unspecified atom stereocenters. The van der Waals surface area contributed by atoms with E-state index in [-0.39, 0.29) is 17.9 Å². The summed E-state index contributed by atoms with van der Waals surface area (Å²) in [6.45, 7) is 0. The molecule has 1 amide bonds. The normalized spacial score (nSPS) is 18.5. The second-order valence-electron chi connectivity index (χ2n) is 7.87. The number of carbonyl (C=O) groups excluding carboxylic acids is 1. The van der Waals surface area contributed by atoms with E-state index in [0.717, 1.165) is 52.3 Å². The third-order valence-corrected chi connectivity index (χ3v) is 6.69. The number of primary amides is 1. The van der Waals surface area contributed by atoms with Crippen LogP contribution < -0.4 is 11.1 Å². The number of phenols is 1. The Balaban J connectivity index is 1.65. The Labute approximate surface area is 186 Å². The molecule has 0 atom stereocenters. The summed E-state index contributed by atoms with van der Waals surface area (Å²) in [4.78, 5) is 14.1. The van der Waals surface area contributed by atoms with Gasteiger partial charge in [-0.2, -0.15) is 0 Å². The molecule has 5 N–H and O–H groups in total. The van der Waals surface area contributed by atoms with Gasteiger partial charge in [0.25, 0.3) is 5.91 Å². The zero-order valence-electron chi connectivity index (χ0n) is 17.1. The maximum Gasteiger partial charge on any atom is 0.250 e. The van der Waals surface area contributed by atoms with Gasteiger partial charge in [-0.1, -0.05) is 36.0 Å². The molecule has 1 aliphatic carbocycles. The van der Waals surface area contributed by atoms with Gasteiger partial charge in [0.15, 0.2) is 0 Å². The number of hydrogen-bond acceptors (Lipinski definition) is 5. The molecular weight excluding hydrogens is 408 g/mol. The SMILES string of the molecule is NC(=O)c1ccc(-c2ccccc2Sc2ccc(O)cc2)cc1N[C@H]1CC[C@H](O)CC1. The molecule has 0 aromatic heterocycles. The molecule has 0 radical (unpaired) electrons. The summed E-state index contributed by atoms with van der Waals surface area (Å²) in [6, 6.07) is 21.1. The highest BCUT2D eigenvalue weighted by molar-refractivity contribution is 7.99. The van der Waals surface area contributed by atoms with Crippen LogP contribution in [0.1, 0.15) is 36.0 Å². The zero-order chi connectivity index (χ0) is 21.8. The lowest BCUT2D eigenvalue weighted by Crippen LogP contribution is -2.29. The molecule has 5 nitrogen and oxygen atoms in total. The third kappa shape index (κ3) is 5.21. The highest BCUT2D eigenvalue weighted by Gasteiger charge is 2.21. The number of benzene rings is 3. The van der Waals surface area contributed by atoms with Crippen molar-refractivity contribution in [2.75, 3.05) is 5.32 Å².